The number of rotatable bonds is 22. The van der Waals surface area contributed by atoms with E-state index >= 15 is 0 Å². The topological polar surface area (TPSA) is 151 Å². The average molecular weight is 635 g/mol. The molecule has 0 radical (unpaired) electrons. The molecule has 0 saturated carbocycles. The molecular formula is C32H46N2O9S. The third-order valence-electron chi connectivity index (χ3n) is 7.22. The molecule has 1 N–H and O–H groups in total. The minimum absolute atomic E-state index is 0.0238. The highest BCUT2D eigenvalue weighted by Crippen LogP contribution is 2.31. The first-order chi connectivity index (χ1) is 21.1. The van der Waals surface area contributed by atoms with Crippen molar-refractivity contribution in [1.82, 2.24) is 0 Å². The number of benzene rings is 2. The Bertz CT molecular complexity index is 1290. The lowest BCUT2D eigenvalue weighted by molar-refractivity contribution is -0.386. The van der Waals surface area contributed by atoms with Crippen LogP contribution in [-0.4, -0.2) is 46.1 Å². The van der Waals surface area contributed by atoms with Gasteiger partial charge in [0.2, 0.25) is 0 Å². The maximum atomic E-state index is 13.1. The maximum absolute atomic E-state index is 13.1. The summed E-state index contributed by atoms with van der Waals surface area (Å²) in [5.74, 6) is -1.62. The molecule has 11 nitrogen and oxygen atoms in total. The van der Waals surface area contributed by atoms with Gasteiger partial charge in [0.15, 0.2) is 5.75 Å². The van der Waals surface area contributed by atoms with Crippen LogP contribution in [-0.2, 0) is 19.5 Å². The third-order valence-corrected chi connectivity index (χ3v) is 8.60. The van der Waals surface area contributed by atoms with Crippen molar-refractivity contribution >= 4 is 33.3 Å². The summed E-state index contributed by atoms with van der Waals surface area (Å²) >= 11 is 0. The van der Waals surface area contributed by atoms with Gasteiger partial charge in [-0.3, -0.25) is 14.8 Å². The summed E-state index contributed by atoms with van der Waals surface area (Å²) < 4.78 is 43.4. The SMILES string of the molecule is CCCCCCCCCCCCCCCCOc1ccc(S(=O)(=O)Nc2cc(C(=O)OC)cc(C(=O)OC)c2)cc1[N+](=O)[O-]. The zero-order chi connectivity index (χ0) is 32.4. The van der Waals surface area contributed by atoms with Gasteiger partial charge >= 0.3 is 17.6 Å². The van der Waals surface area contributed by atoms with Crippen LogP contribution in [0.2, 0.25) is 0 Å². The van der Waals surface area contributed by atoms with Gasteiger partial charge < -0.3 is 14.2 Å². The number of carbonyl (C=O) groups excluding carboxylic acids is 2. The lowest BCUT2D eigenvalue weighted by Crippen LogP contribution is -2.15. The number of ether oxygens (including phenoxy) is 3. The molecule has 0 atom stereocenters. The van der Waals surface area contributed by atoms with Crippen molar-refractivity contribution in [1.29, 1.82) is 0 Å². The number of anilines is 1. The summed E-state index contributed by atoms with van der Waals surface area (Å²) in [5.41, 5.74) is -0.802. The summed E-state index contributed by atoms with van der Waals surface area (Å²) in [4.78, 5) is 34.7. The number of nitrogens with one attached hydrogen (secondary N) is 1. The van der Waals surface area contributed by atoms with Gasteiger partial charge in [-0.05, 0) is 36.8 Å². The van der Waals surface area contributed by atoms with Gasteiger partial charge in [-0.2, -0.15) is 0 Å². The molecule has 0 aromatic heterocycles. The average Bonchev–Trinajstić information content (AvgIpc) is 3.01. The Morgan fingerprint density at radius 1 is 0.750 bits per heavy atom. The number of carbonyl (C=O) groups is 2. The number of hydrogen-bond acceptors (Lipinski definition) is 9. The maximum Gasteiger partial charge on any atom is 0.337 e. The van der Waals surface area contributed by atoms with Gasteiger partial charge in [-0.15, -0.1) is 0 Å². The minimum Gasteiger partial charge on any atom is -0.487 e. The van der Waals surface area contributed by atoms with Crippen molar-refractivity contribution in [3.63, 3.8) is 0 Å². The Hall–Kier alpha value is -3.67. The first-order valence-electron chi connectivity index (χ1n) is 15.4. The Morgan fingerprint density at radius 3 is 1.68 bits per heavy atom. The lowest BCUT2D eigenvalue weighted by Gasteiger charge is -2.12. The fourth-order valence-corrected chi connectivity index (χ4v) is 5.84. The Labute approximate surface area is 260 Å². The van der Waals surface area contributed by atoms with Crippen molar-refractivity contribution in [2.24, 2.45) is 0 Å². The Kier molecular flexibility index (Phi) is 16.2. The van der Waals surface area contributed by atoms with Crippen LogP contribution in [0.4, 0.5) is 11.4 Å². The zero-order valence-electron chi connectivity index (χ0n) is 26.1. The van der Waals surface area contributed by atoms with E-state index < -0.39 is 37.5 Å². The fraction of sp³-hybridized carbons (Fsp3) is 0.562. The van der Waals surface area contributed by atoms with E-state index in [0.717, 1.165) is 46.0 Å². The van der Waals surface area contributed by atoms with Crippen molar-refractivity contribution in [2.45, 2.75) is 102 Å². The third kappa shape index (κ3) is 12.5. The second-order valence-electron chi connectivity index (χ2n) is 10.7. The van der Waals surface area contributed by atoms with Crippen molar-refractivity contribution < 1.29 is 37.1 Å². The number of nitro groups is 1. The monoisotopic (exact) mass is 634 g/mol. The Morgan fingerprint density at radius 2 is 1.23 bits per heavy atom. The molecule has 0 aliphatic heterocycles. The predicted octanol–water partition coefficient (Wildman–Crippen LogP) is 7.83. The first-order valence-corrected chi connectivity index (χ1v) is 16.9. The molecule has 0 aliphatic carbocycles. The van der Waals surface area contributed by atoms with E-state index in [4.69, 9.17) is 4.74 Å². The van der Waals surface area contributed by atoms with E-state index in [1.165, 1.54) is 94.5 Å². The molecule has 0 bridgehead atoms. The van der Waals surface area contributed by atoms with Crippen LogP contribution in [0.3, 0.4) is 0 Å². The smallest absolute Gasteiger partial charge is 0.337 e. The second-order valence-corrected chi connectivity index (χ2v) is 12.4. The van der Waals surface area contributed by atoms with Crippen molar-refractivity contribution in [3.8, 4) is 5.75 Å². The molecule has 2 rings (SSSR count). The van der Waals surface area contributed by atoms with Crippen LogP contribution in [0, 0.1) is 10.1 Å². The summed E-state index contributed by atoms with van der Waals surface area (Å²) in [5, 5.41) is 11.7. The molecule has 2 aromatic rings. The van der Waals surface area contributed by atoms with Crippen LogP contribution in [0.5, 0.6) is 5.75 Å². The molecular weight excluding hydrogens is 588 g/mol. The zero-order valence-corrected chi connectivity index (χ0v) is 26.9. The van der Waals surface area contributed by atoms with Gasteiger partial charge in [0.1, 0.15) is 0 Å². The van der Waals surface area contributed by atoms with Gasteiger partial charge in [-0.1, -0.05) is 90.4 Å². The second kappa shape index (κ2) is 19.6. The number of unbranched alkanes of at least 4 members (excludes halogenated alkanes) is 13. The molecule has 12 heteroatoms. The number of esters is 2. The van der Waals surface area contributed by atoms with E-state index in [1.807, 2.05) is 0 Å². The van der Waals surface area contributed by atoms with Crippen molar-refractivity contribution in [3.05, 3.63) is 57.6 Å². The van der Waals surface area contributed by atoms with E-state index in [0.29, 0.717) is 0 Å². The van der Waals surface area contributed by atoms with Gasteiger partial charge in [-0.25, -0.2) is 18.0 Å². The van der Waals surface area contributed by atoms with E-state index in [9.17, 15) is 28.1 Å². The number of hydrogen-bond donors (Lipinski definition) is 1. The molecule has 0 amide bonds. The highest BCUT2D eigenvalue weighted by atomic mass is 32.2. The fourth-order valence-electron chi connectivity index (χ4n) is 4.78. The molecule has 0 aliphatic rings. The number of sulfonamides is 1. The molecule has 0 spiro atoms. The minimum atomic E-state index is -4.35. The highest BCUT2D eigenvalue weighted by Gasteiger charge is 2.24. The van der Waals surface area contributed by atoms with E-state index in [1.54, 1.807) is 0 Å². The van der Waals surface area contributed by atoms with Crippen LogP contribution in [0.15, 0.2) is 41.3 Å². The highest BCUT2D eigenvalue weighted by molar-refractivity contribution is 7.92. The largest absolute Gasteiger partial charge is 0.487 e. The van der Waals surface area contributed by atoms with Gasteiger partial charge in [0.25, 0.3) is 10.0 Å². The summed E-state index contributed by atoms with van der Waals surface area (Å²) in [6, 6.07) is 6.91. The molecule has 0 saturated heterocycles. The molecule has 2 aromatic carbocycles. The predicted molar refractivity (Wildman–Crippen MR) is 169 cm³/mol. The van der Waals surface area contributed by atoms with Gasteiger partial charge in [0.05, 0.1) is 47.5 Å². The van der Waals surface area contributed by atoms with Crippen LogP contribution >= 0.6 is 0 Å². The van der Waals surface area contributed by atoms with Crippen LogP contribution in [0.1, 0.15) is 118 Å². The number of nitrogens with zero attached hydrogens (tertiary/aromatic N) is 1. The van der Waals surface area contributed by atoms with Crippen molar-refractivity contribution in [2.75, 3.05) is 25.5 Å². The number of nitro benzene ring substituents is 1. The van der Waals surface area contributed by atoms with Gasteiger partial charge in [0, 0.05) is 6.07 Å². The first kappa shape index (κ1) is 36.5. The summed E-state index contributed by atoms with van der Waals surface area (Å²) in [6.07, 6.45) is 17.0. The number of methoxy groups -OCH3 is 2. The molecule has 0 unspecified atom stereocenters. The molecule has 0 heterocycles. The molecule has 0 fully saturated rings. The lowest BCUT2D eigenvalue weighted by atomic mass is 10.0. The summed E-state index contributed by atoms with van der Waals surface area (Å²) in [7, 11) is -2.07. The van der Waals surface area contributed by atoms with Crippen LogP contribution in [0.25, 0.3) is 0 Å². The standard InChI is InChI=1S/C32H46N2O9S/c1-4-5-6-7-8-9-10-11-12-13-14-15-16-17-20-43-30-19-18-28(24-29(30)34(37)38)44(39,40)33-27-22-25(31(35)41-2)21-26(23-27)32(36)42-3/h18-19,21-24,33H,4-17,20H2,1-3H3. The van der Waals surface area contributed by atoms with Crippen LogP contribution < -0.4 is 9.46 Å². The quantitative estimate of drug-likeness (QED) is 0.0591. The normalized spacial score (nSPS) is 11.2. The molecule has 244 valence electrons. The van der Waals surface area contributed by atoms with E-state index in [-0.39, 0.29) is 29.2 Å². The van der Waals surface area contributed by atoms with E-state index in [2.05, 4.69) is 21.1 Å². The molecule has 44 heavy (non-hydrogen) atoms. The summed E-state index contributed by atoms with van der Waals surface area (Å²) in [6.45, 7) is 2.51. The Balaban J connectivity index is 1.88.